The highest BCUT2D eigenvalue weighted by Crippen LogP contribution is 2.19. The fraction of sp³-hybridized carbons (Fsp3) is 0.474. The molecule has 0 amide bonds. The molecule has 0 radical (unpaired) electrons. The zero-order valence-electron chi connectivity index (χ0n) is 16.8. The molecule has 0 aliphatic carbocycles. The average Bonchev–Trinajstić information content (AvgIpc) is 3.07. The first kappa shape index (κ1) is 21.9. The van der Waals surface area contributed by atoms with E-state index in [1.807, 2.05) is 6.92 Å². The van der Waals surface area contributed by atoms with E-state index in [1.165, 1.54) is 18.3 Å². The molecule has 0 fully saturated rings. The van der Waals surface area contributed by atoms with Gasteiger partial charge >= 0.3 is 5.97 Å². The second kappa shape index (κ2) is 9.70. The number of carbonyl (C=O) groups is 1. The largest absolute Gasteiger partial charge is 0.461 e. The standard InChI is InChI=1S/C19H28N4O4S/c1-5-22(6-2)12-13-27-19(24)16-8-10-17(11-9-16)21-28(25,26)18-14-20-23(7-3)15(18)4/h8-11,14,21H,5-7,12-13H2,1-4H3. The van der Waals surface area contributed by atoms with Crippen LogP contribution in [0, 0.1) is 6.92 Å². The fourth-order valence-electron chi connectivity index (χ4n) is 2.79. The number of benzene rings is 1. The number of nitrogens with one attached hydrogen (secondary N) is 1. The Morgan fingerprint density at radius 2 is 1.82 bits per heavy atom. The molecule has 154 valence electrons. The molecule has 1 heterocycles. The Bertz CT molecular complexity index is 887. The zero-order chi connectivity index (χ0) is 20.7. The summed E-state index contributed by atoms with van der Waals surface area (Å²) >= 11 is 0. The minimum absolute atomic E-state index is 0.134. The Hall–Kier alpha value is -2.39. The van der Waals surface area contributed by atoms with E-state index in [-0.39, 0.29) is 4.90 Å². The van der Waals surface area contributed by atoms with E-state index in [0.29, 0.717) is 36.6 Å². The van der Waals surface area contributed by atoms with Crippen LogP contribution in [0.3, 0.4) is 0 Å². The van der Waals surface area contributed by atoms with Crippen molar-refractivity contribution in [3.63, 3.8) is 0 Å². The lowest BCUT2D eigenvalue weighted by Crippen LogP contribution is -2.27. The number of likely N-dealkylation sites (N-methyl/N-ethyl adjacent to an activating group) is 1. The number of nitrogens with zero attached hydrogens (tertiary/aromatic N) is 3. The molecule has 0 aliphatic rings. The van der Waals surface area contributed by atoms with Gasteiger partial charge in [0, 0.05) is 18.8 Å². The number of ether oxygens (including phenoxy) is 1. The first-order valence-electron chi connectivity index (χ1n) is 9.37. The second-order valence-corrected chi connectivity index (χ2v) is 7.91. The molecule has 0 spiro atoms. The Balaban J connectivity index is 2.00. The summed E-state index contributed by atoms with van der Waals surface area (Å²) in [6, 6.07) is 6.16. The van der Waals surface area contributed by atoms with Gasteiger partial charge < -0.3 is 9.64 Å². The number of sulfonamides is 1. The van der Waals surface area contributed by atoms with Crippen LogP contribution in [0.1, 0.15) is 36.8 Å². The molecular formula is C19H28N4O4S. The molecular weight excluding hydrogens is 380 g/mol. The number of carbonyl (C=O) groups excluding carboxylic acids is 1. The van der Waals surface area contributed by atoms with Gasteiger partial charge in [0.25, 0.3) is 10.0 Å². The molecule has 9 heteroatoms. The van der Waals surface area contributed by atoms with Gasteiger partial charge in [0.05, 0.1) is 17.5 Å². The topological polar surface area (TPSA) is 93.5 Å². The van der Waals surface area contributed by atoms with Crippen molar-refractivity contribution in [3.05, 3.63) is 41.7 Å². The van der Waals surface area contributed by atoms with E-state index in [2.05, 4.69) is 28.6 Å². The maximum Gasteiger partial charge on any atom is 0.338 e. The van der Waals surface area contributed by atoms with Crippen molar-refractivity contribution in [2.45, 2.75) is 39.1 Å². The van der Waals surface area contributed by atoms with Gasteiger partial charge in [-0.1, -0.05) is 13.8 Å². The van der Waals surface area contributed by atoms with Crippen LogP contribution < -0.4 is 4.72 Å². The molecule has 0 bridgehead atoms. The van der Waals surface area contributed by atoms with E-state index >= 15 is 0 Å². The summed E-state index contributed by atoms with van der Waals surface area (Å²) < 4.78 is 34.5. The SMILES string of the molecule is CCN(CC)CCOC(=O)c1ccc(NS(=O)(=O)c2cnn(CC)c2C)cc1. The quantitative estimate of drug-likeness (QED) is 0.607. The van der Waals surface area contributed by atoms with Crippen LogP contribution in [-0.4, -0.2) is 55.3 Å². The lowest BCUT2D eigenvalue weighted by Gasteiger charge is -2.17. The van der Waals surface area contributed by atoms with Crippen molar-refractivity contribution >= 4 is 21.7 Å². The number of rotatable bonds is 10. The Morgan fingerprint density at radius 3 is 2.36 bits per heavy atom. The average molecular weight is 409 g/mol. The lowest BCUT2D eigenvalue weighted by molar-refractivity contribution is 0.0466. The molecule has 0 atom stereocenters. The molecule has 0 unspecified atom stereocenters. The number of hydrogen-bond donors (Lipinski definition) is 1. The van der Waals surface area contributed by atoms with E-state index in [9.17, 15) is 13.2 Å². The van der Waals surface area contributed by atoms with E-state index in [4.69, 9.17) is 4.74 Å². The monoisotopic (exact) mass is 408 g/mol. The third-order valence-electron chi connectivity index (χ3n) is 4.56. The van der Waals surface area contributed by atoms with Crippen LogP contribution in [0.4, 0.5) is 5.69 Å². The van der Waals surface area contributed by atoms with Crippen LogP contribution in [-0.2, 0) is 21.3 Å². The minimum Gasteiger partial charge on any atom is -0.461 e. The molecule has 2 aromatic rings. The summed E-state index contributed by atoms with van der Waals surface area (Å²) in [7, 11) is -3.75. The van der Waals surface area contributed by atoms with E-state index < -0.39 is 16.0 Å². The van der Waals surface area contributed by atoms with E-state index in [1.54, 1.807) is 23.7 Å². The summed E-state index contributed by atoms with van der Waals surface area (Å²) in [5.74, 6) is -0.429. The lowest BCUT2D eigenvalue weighted by atomic mass is 10.2. The van der Waals surface area contributed by atoms with Crippen LogP contribution in [0.5, 0.6) is 0 Å². The summed E-state index contributed by atoms with van der Waals surface area (Å²) in [5.41, 5.74) is 1.31. The molecule has 2 rings (SSSR count). The van der Waals surface area contributed by atoms with Gasteiger partial charge in [-0.05, 0) is 51.2 Å². The maximum absolute atomic E-state index is 12.6. The van der Waals surface area contributed by atoms with Crippen LogP contribution in [0.2, 0.25) is 0 Å². The molecule has 1 aromatic heterocycles. The Labute approximate surface area is 166 Å². The molecule has 0 aliphatic heterocycles. The number of hydrogen-bond acceptors (Lipinski definition) is 6. The molecule has 28 heavy (non-hydrogen) atoms. The van der Waals surface area contributed by atoms with Crippen molar-refractivity contribution in [2.75, 3.05) is 31.0 Å². The molecule has 8 nitrogen and oxygen atoms in total. The summed E-state index contributed by atoms with van der Waals surface area (Å²) in [6.45, 7) is 11.1. The third-order valence-corrected chi connectivity index (χ3v) is 6.04. The smallest absolute Gasteiger partial charge is 0.338 e. The molecule has 0 saturated carbocycles. The van der Waals surface area contributed by atoms with Crippen molar-refractivity contribution in [2.24, 2.45) is 0 Å². The van der Waals surface area contributed by atoms with Crippen molar-refractivity contribution in [1.29, 1.82) is 0 Å². The fourth-order valence-corrected chi connectivity index (χ4v) is 4.02. The Morgan fingerprint density at radius 1 is 1.18 bits per heavy atom. The number of anilines is 1. The number of aryl methyl sites for hydroxylation is 1. The van der Waals surface area contributed by atoms with Crippen LogP contribution in [0.15, 0.2) is 35.4 Å². The highest BCUT2D eigenvalue weighted by atomic mass is 32.2. The second-order valence-electron chi connectivity index (χ2n) is 6.26. The van der Waals surface area contributed by atoms with Gasteiger partial charge in [-0.15, -0.1) is 0 Å². The summed E-state index contributed by atoms with van der Waals surface area (Å²) in [6.07, 6.45) is 1.34. The van der Waals surface area contributed by atoms with Crippen LogP contribution in [0.25, 0.3) is 0 Å². The normalized spacial score (nSPS) is 11.6. The minimum atomic E-state index is -3.75. The summed E-state index contributed by atoms with van der Waals surface area (Å²) in [5, 5.41) is 4.07. The molecule has 1 aromatic carbocycles. The molecule has 1 N–H and O–H groups in total. The van der Waals surface area contributed by atoms with Gasteiger partial charge in [0.15, 0.2) is 0 Å². The molecule has 0 saturated heterocycles. The predicted octanol–water partition coefficient (Wildman–Crippen LogP) is 2.51. The first-order valence-corrected chi connectivity index (χ1v) is 10.8. The maximum atomic E-state index is 12.6. The zero-order valence-corrected chi connectivity index (χ0v) is 17.6. The van der Waals surface area contributed by atoms with E-state index in [0.717, 1.165) is 13.1 Å². The Kier molecular flexibility index (Phi) is 7.59. The van der Waals surface area contributed by atoms with Crippen LogP contribution >= 0.6 is 0 Å². The van der Waals surface area contributed by atoms with Crippen molar-refractivity contribution in [1.82, 2.24) is 14.7 Å². The van der Waals surface area contributed by atoms with Gasteiger partial charge in [-0.2, -0.15) is 5.10 Å². The van der Waals surface area contributed by atoms with Gasteiger partial charge in [-0.3, -0.25) is 9.40 Å². The summed E-state index contributed by atoms with van der Waals surface area (Å²) in [4.78, 5) is 14.4. The predicted molar refractivity (Wildman–Crippen MR) is 108 cm³/mol. The number of aromatic nitrogens is 2. The first-order chi connectivity index (χ1) is 13.3. The van der Waals surface area contributed by atoms with Crippen molar-refractivity contribution in [3.8, 4) is 0 Å². The van der Waals surface area contributed by atoms with Gasteiger partial charge in [0.2, 0.25) is 0 Å². The highest BCUT2D eigenvalue weighted by molar-refractivity contribution is 7.92. The van der Waals surface area contributed by atoms with Gasteiger partial charge in [-0.25, -0.2) is 13.2 Å². The third kappa shape index (κ3) is 5.32. The highest BCUT2D eigenvalue weighted by Gasteiger charge is 2.20. The van der Waals surface area contributed by atoms with Crippen molar-refractivity contribution < 1.29 is 17.9 Å². The number of esters is 1. The van der Waals surface area contributed by atoms with Gasteiger partial charge in [0.1, 0.15) is 11.5 Å².